The van der Waals surface area contributed by atoms with Crippen LogP contribution in [0.3, 0.4) is 0 Å². The largest absolute Gasteiger partial charge is 0.439 e. The SMILES string of the molecule is Fc1ccc(Oc2ccnc(N3CCCCC3CN3CCOCC3)n2)cc1. The minimum atomic E-state index is -0.287. The molecule has 4 rings (SSSR count). The molecule has 1 aromatic carbocycles. The second-order valence-electron chi connectivity index (χ2n) is 7.01. The van der Waals surface area contributed by atoms with Gasteiger partial charge in [0.05, 0.1) is 13.2 Å². The Hall–Kier alpha value is -2.25. The highest BCUT2D eigenvalue weighted by Gasteiger charge is 2.27. The summed E-state index contributed by atoms with van der Waals surface area (Å²) in [4.78, 5) is 13.9. The standard InChI is InChI=1S/C20H25FN4O2/c21-16-4-6-18(7-5-16)27-19-8-9-22-20(23-19)25-10-2-1-3-17(25)15-24-11-13-26-14-12-24/h4-9,17H,1-3,10-15H2. The van der Waals surface area contributed by atoms with Crippen molar-refractivity contribution in [3.05, 3.63) is 42.3 Å². The van der Waals surface area contributed by atoms with E-state index in [4.69, 9.17) is 9.47 Å². The molecule has 0 bridgehead atoms. The van der Waals surface area contributed by atoms with Crippen LogP contribution in [0.4, 0.5) is 10.3 Å². The van der Waals surface area contributed by atoms with Crippen LogP contribution in [0.15, 0.2) is 36.5 Å². The van der Waals surface area contributed by atoms with E-state index in [0.717, 1.165) is 52.2 Å². The van der Waals surface area contributed by atoms with Gasteiger partial charge in [-0.15, -0.1) is 0 Å². The lowest BCUT2D eigenvalue weighted by Gasteiger charge is -2.39. The van der Waals surface area contributed by atoms with Crippen LogP contribution in [0.5, 0.6) is 11.6 Å². The van der Waals surface area contributed by atoms with Crippen molar-refractivity contribution in [2.24, 2.45) is 0 Å². The Balaban J connectivity index is 1.47. The average molecular weight is 372 g/mol. The lowest BCUT2D eigenvalue weighted by atomic mass is 10.0. The second kappa shape index (κ2) is 8.63. The molecule has 27 heavy (non-hydrogen) atoms. The van der Waals surface area contributed by atoms with Crippen molar-refractivity contribution in [3.8, 4) is 11.6 Å². The van der Waals surface area contributed by atoms with Crippen LogP contribution < -0.4 is 9.64 Å². The number of nitrogens with zero attached hydrogens (tertiary/aromatic N) is 4. The molecule has 0 radical (unpaired) electrons. The average Bonchev–Trinajstić information content (AvgIpc) is 2.71. The number of hydrogen-bond donors (Lipinski definition) is 0. The molecular weight excluding hydrogens is 347 g/mol. The highest BCUT2D eigenvalue weighted by Crippen LogP contribution is 2.26. The molecule has 1 unspecified atom stereocenters. The Labute approximate surface area is 158 Å². The number of aromatic nitrogens is 2. The fraction of sp³-hybridized carbons (Fsp3) is 0.500. The molecule has 2 aliphatic rings. The van der Waals surface area contributed by atoms with Crippen molar-refractivity contribution in [3.63, 3.8) is 0 Å². The summed E-state index contributed by atoms with van der Waals surface area (Å²) in [7, 11) is 0. The van der Waals surface area contributed by atoms with Gasteiger partial charge in [-0.2, -0.15) is 4.98 Å². The number of anilines is 1. The fourth-order valence-electron chi connectivity index (χ4n) is 3.69. The van der Waals surface area contributed by atoms with E-state index in [9.17, 15) is 4.39 Å². The van der Waals surface area contributed by atoms with E-state index in [2.05, 4.69) is 19.8 Å². The van der Waals surface area contributed by atoms with E-state index in [-0.39, 0.29) is 5.82 Å². The van der Waals surface area contributed by atoms with Crippen LogP contribution in [-0.2, 0) is 4.74 Å². The third-order valence-electron chi connectivity index (χ3n) is 5.11. The minimum absolute atomic E-state index is 0.287. The molecule has 2 saturated heterocycles. The predicted molar refractivity (Wildman–Crippen MR) is 101 cm³/mol. The zero-order chi connectivity index (χ0) is 18.5. The molecule has 0 amide bonds. The molecule has 0 aliphatic carbocycles. The van der Waals surface area contributed by atoms with Crippen molar-refractivity contribution in [1.29, 1.82) is 0 Å². The first-order valence-corrected chi connectivity index (χ1v) is 9.61. The van der Waals surface area contributed by atoms with E-state index in [0.29, 0.717) is 23.6 Å². The van der Waals surface area contributed by atoms with Crippen molar-refractivity contribution >= 4 is 5.95 Å². The molecule has 7 heteroatoms. The second-order valence-corrected chi connectivity index (χ2v) is 7.01. The van der Waals surface area contributed by atoms with Crippen LogP contribution in [0.25, 0.3) is 0 Å². The maximum atomic E-state index is 13.1. The number of hydrogen-bond acceptors (Lipinski definition) is 6. The molecule has 0 N–H and O–H groups in total. The van der Waals surface area contributed by atoms with E-state index < -0.39 is 0 Å². The molecule has 0 spiro atoms. The zero-order valence-corrected chi connectivity index (χ0v) is 15.4. The van der Waals surface area contributed by atoms with Gasteiger partial charge in [-0.1, -0.05) is 0 Å². The van der Waals surface area contributed by atoms with Gasteiger partial charge in [-0.25, -0.2) is 9.37 Å². The van der Waals surface area contributed by atoms with Gasteiger partial charge in [-0.3, -0.25) is 4.90 Å². The van der Waals surface area contributed by atoms with E-state index in [1.807, 2.05) is 0 Å². The Morgan fingerprint density at radius 3 is 2.70 bits per heavy atom. The summed E-state index contributed by atoms with van der Waals surface area (Å²) < 4.78 is 24.3. The third-order valence-corrected chi connectivity index (χ3v) is 5.11. The summed E-state index contributed by atoms with van der Waals surface area (Å²) in [6.07, 6.45) is 5.24. The van der Waals surface area contributed by atoms with E-state index in [1.54, 1.807) is 24.4 Å². The first-order chi connectivity index (χ1) is 13.3. The van der Waals surface area contributed by atoms with Gasteiger partial charge in [0.2, 0.25) is 11.8 Å². The van der Waals surface area contributed by atoms with Gasteiger partial charge >= 0.3 is 0 Å². The normalized spacial score (nSPS) is 21.2. The Morgan fingerprint density at radius 1 is 1.07 bits per heavy atom. The van der Waals surface area contributed by atoms with Gasteiger partial charge < -0.3 is 14.4 Å². The number of ether oxygens (including phenoxy) is 2. The molecule has 2 aromatic rings. The number of halogens is 1. The molecule has 2 aliphatic heterocycles. The first-order valence-electron chi connectivity index (χ1n) is 9.61. The van der Waals surface area contributed by atoms with Gasteiger partial charge in [0.15, 0.2) is 0 Å². The quantitative estimate of drug-likeness (QED) is 0.804. The third kappa shape index (κ3) is 4.73. The van der Waals surface area contributed by atoms with Crippen molar-refractivity contribution < 1.29 is 13.9 Å². The van der Waals surface area contributed by atoms with Gasteiger partial charge in [-0.05, 0) is 43.5 Å². The summed E-state index contributed by atoms with van der Waals surface area (Å²) in [6.45, 7) is 5.55. The topological polar surface area (TPSA) is 50.7 Å². The van der Waals surface area contributed by atoms with E-state index >= 15 is 0 Å². The minimum Gasteiger partial charge on any atom is -0.439 e. The number of benzene rings is 1. The maximum Gasteiger partial charge on any atom is 0.228 e. The van der Waals surface area contributed by atoms with Crippen molar-refractivity contribution in [2.45, 2.75) is 25.3 Å². The zero-order valence-electron chi connectivity index (χ0n) is 15.4. The molecular formula is C20H25FN4O2. The molecule has 3 heterocycles. The van der Waals surface area contributed by atoms with Crippen molar-refractivity contribution in [2.75, 3.05) is 44.3 Å². The van der Waals surface area contributed by atoms with Crippen LogP contribution >= 0.6 is 0 Å². The first kappa shape index (κ1) is 18.1. The van der Waals surface area contributed by atoms with E-state index in [1.165, 1.54) is 18.6 Å². The van der Waals surface area contributed by atoms with Crippen molar-refractivity contribution in [1.82, 2.24) is 14.9 Å². The lowest BCUT2D eigenvalue weighted by Crippen LogP contribution is -2.50. The number of piperidine rings is 1. The predicted octanol–water partition coefficient (Wildman–Crippen LogP) is 3.10. The fourth-order valence-corrected chi connectivity index (χ4v) is 3.69. The summed E-state index contributed by atoms with van der Waals surface area (Å²) in [5, 5.41) is 0. The summed E-state index contributed by atoms with van der Waals surface area (Å²) in [6, 6.07) is 8.07. The Morgan fingerprint density at radius 2 is 1.89 bits per heavy atom. The number of morpholine rings is 1. The lowest BCUT2D eigenvalue weighted by molar-refractivity contribution is 0.0338. The Kier molecular flexibility index (Phi) is 5.79. The number of rotatable bonds is 5. The smallest absolute Gasteiger partial charge is 0.228 e. The maximum absolute atomic E-state index is 13.1. The highest BCUT2D eigenvalue weighted by molar-refractivity contribution is 5.36. The monoisotopic (exact) mass is 372 g/mol. The van der Waals surface area contributed by atoms with Crippen LogP contribution in [-0.4, -0.2) is 60.3 Å². The Bertz CT molecular complexity index is 737. The molecule has 0 saturated carbocycles. The molecule has 1 atom stereocenters. The van der Waals surface area contributed by atoms with Crippen LogP contribution in [0, 0.1) is 5.82 Å². The summed E-state index contributed by atoms with van der Waals surface area (Å²) >= 11 is 0. The summed E-state index contributed by atoms with van der Waals surface area (Å²) in [5.74, 6) is 1.45. The summed E-state index contributed by atoms with van der Waals surface area (Å²) in [5.41, 5.74) is 0. The van der Waals surface area contributed by atoms with Gasteiger partial charge in [0.1, 0.15) is 11.6 Å². The molecule has 2 fully saturated rings. The van der Waals surface area contributed by atoms with Gasteiger partial charge in [0, 0.05) is 44.5 Å². The highest BCUT2D eigenvalue weighted by atomic mass is 19.1. The molecule has 6 nitrogen and oxygen atoms in total. The van der Waals surface area contributed by atoms with Gasteiger partial charge in [0.25, 0.3) is 0 Å². The molecule has 144 valence electrons. The molecule has 1 aromatic heterocycles. The van der Waals surface area contributed by atoms with Crippen LogP contribution in [0.2, 0.25) is 0 Å². The van der Waals surface area contributed by atoms with Crippen LogP contribution in [0.1, 0.15) is 19.3 Å².